The first kappa shape index (κ1) is 33.0. The molecule has 0 aliphatic heterocycles. The van der Waals surface area contributed by atoms with Crippen LogP contribution in [0.2, 0.25) is 0 Å². The molecular formula is C37H61NO5. The zero-order valence-corrected chi connectivity index (χ0v) is 28.6. The molecule has 244 valence electrons. The van der Waals surface area contributed by atoms with Crippen molar-refractivity contribution in [2.45, 2.75) is 132 Å². The lowest BCUT2D eigenvalue weighted by atomic mass is 9.33. The van der Waals surface area contributed by atoms with Crippen LogP contribution in [-0.2, 0) is 19.1 Å². The summed E-state index contributed by atoms with van der Waals surface area (Å²) in [5.41, 5.74) is 7.27. The molecule has 4 fully saturated rings. The Morgan fingerprint density at radius 3 is 2.28 bits per heavy atom. The van der Waals surface area contributed by atoms with Crippen LogP contribution in [0.1, 0.15) is 120 Å². The Morgan fingerprint density at radius 2 is 1.60 bits per heavy atom. The summed E-state index contributed by atoms with van der Waals surface area (Å²) in [6.07, 6.45) is 11.5. The number of rotatable bonds is 6. The second-order valence-corrected chi connectivity index (χ2v) is 17.3. The number of carbonyl (C=O) groups excluding carboxylic acids is 2. The van der Waals surface area contributed by atoms with Gasteiger partial charge in [-0.15, -0.1) is 0 Å². The molecule has 0 amide bonds. The maximum Gasteiger partial charge on any atom is 0.323 e. The molecule has 0 saturated heterocycles. The average molecular weight is 600 g/mol. The first-order valence-corrected chi connectivity index (χ1v) is 17.5. The van der Waals surface area contributed by atoms with Crippen molar-refractivity contribution in [2.24, 2.45) is 68.3 Å². The molecule has 6 heteroatoms. The summed E-state index contributed by atoms with van der Waals surface area (Å²) < 4.78 is 11.3. The SMILES string of the molecule is CC(C)[C@H](N)C(=O)OCCOC(=O)[C@]12CC[C@@H](C)[C@H](C)[C@H]1C1=CC[C@@H]3[C@@]4(C)CC[C@H](O)C(C)(C)C4CC[C@@]3(C)[C@]1(C)CC2. The number of allylic oxidation sites excluding steroid dienone is 2. The predicted molar refractivity (Wildman–Crippen MR) is 170 cm³/mol. The molecule has 11 atom stereocenters. The predicted octanol–water partition coefficient (Wildman–Crippen LogP) is 7.07. The summed E-state index contributed by atoms with van der Waals surface area (Å²) in [6, 6.07) is -0.666. The maximum absolute atomic E-state index is 14.1. The van der Waals surface area contributed by atoms with Crippen LogP contribution in [-0.4, -0.2) is 42.4 Å². The first-order valence-electron chi connectivity index (χ1n) is 17.5. The Balaban J connectivity index is 1.42. The van der Waals surface area contributed by atoms with Gasteiger partial charge in [-0.05, 0) is 115 Å². The quantitative estimate of drug-likeness (QED) is 0.192. The molecule has 0 radical (unpaired) electrons. The summed E-state index contributed by atoms with van der Waals surface area (Å²) in [4.78, 5) is 26.4. The summed E-state index contributed by atoms with van der Waals surface area (Å²) in [5.74, 6) is 1.66. The fourth-order valence-corrected chi connectivity index (χ4v) is 11.6. The van der Waals surface area contributed by atoms with Crippen LogP contribution in [0.4, 0.5) is 0 Å². The summed E-state index contributed by atoms with van der Waals surface area (Å²) >= 11 is 0. The van der Waals surface area contributed by atoms with Gasteiger partial charge in [-0.25, -0.2) is 0 Å². The Hall–Kier alpha value is -1.40. The molecule has 5 aliphatic carbocycles. The minimum atomic E-state index is -0.666. The lowest BCUT2D eigenvalue weighted by Gasteiger charge is -2.71. The van der Waals surface area contributed by atoms with Gasteiger partial charge in [0.2, 0.25) is 0 Å². The van der Waals surface area contributed by atoms with Crippen molar-refractivity contribution in [1.29, 1.82) is 0 Å². The standard InChI is InChI=1S/C37H61NO5/c1-22(2)30(38)31(40)42-20-21-43-32(41)37-17-12-23(3)24(4)29(37)25-10-11-27-34(7)15-14-28(39)33(5,6)26(34)13-16-36(27,9)35(25,8)18-19-37/h10,22-24,26-30,39H,11-21,38H2,1-9H3/t23-,24+,26?,27-,28+,29+,30+,34+,35-,36-,37+/m1/s1. The van der Waals surface area contributed by atoms with E-state index in [1.165, 1.54) is 18.4 Å². The van der Waals surface area contributed by atoms with Crippen LogP contribution < -0.4 is 5.73 Å². The van der Waals surface area contributed by atoms with Gasteiger partial charge in [-0.1, -0.05) is 74.0 Å². The van der Waals surface area contributed by atoms with E-state index in [0.717, 1.165) is 44.9 Å². The Kier molecular flexibility index (Phi) is 8.54. The second-order valence-electron chi connectivity index (χ2n) is 17.3. The van der Waals surface area contributed by atoms with Crippen molar-refractivity contribution in [2.75, 3.05) is 13.2 Å². The van der Waals surface area contributed by atoms with Crippen molar-refractivity contribution in [3.8, 4) is 0 Å². The third-order valence-electron chi connectivity index (χ3n) is 14.9. The van der Waals surface area contributed by atoms with E-state index in [9.17, 15) is 14.7 Å². The summed E-state index contributed by atoms with van der Waals surface area (Å²) in [6.45, 7) is 20.9. The fourth-order valence-electron chi connectivity index (χ4n) is 11.6. The van der Waals surface area contributed by atoms with E-state index < -0.39 is 17.4 Å². The van der Waals surface area contributed by atoms with Crippen molar-refractivity contribution in [3.05, 3.63) is 11.6 Å². The number of esters is 2. The summed E-state index contributed by atoms with van der Waals surface area (Å²) in [5, 5.41) is 11.0. The van der Waals surface area contributed by atoms with Crippen molar-refractivity contribution in [1.82, 2.24) is 0 Å². The van der Waals surface area contributed by atoms with Crippen molar-refractivity contribution >= 4 is 11.9 Å². The van der Waals surface area contributed by atoms with E-state index in [0.29, 0.717) is 23.7 Å². The zero-order chi connectivity index (χ0) is 31.8. The highest BCUT2D eigenvalue weighted by Gasteiger charge is 2.69. The van der Waals surface area contributed by atoms with Crippen LogP contribution in [0, 0.1) is 62.6 Å². The molecule has 0 heterocycles. The second kappa shape index (κ2) is 11.1. The van der Waals surface area contributed by atoms with Crippen LogP contribution in [0.25, 0.3) is 0 Å². The maximum atomic E-state index is 14.1. The Morgan fingerprint density at radius 1 is 0.930 bits per heavy atom. The van der Waals surface area contributed by atoms with Gasteiger partial charge in [-0.2, -0.15) is 0 Å². The molecule has 3 N–H and O–H groups in total. The van der Waals surface area contributed by atoms with E-state index in [1.54, 1.807) is 0 Å². The van der Waals surface area contributed by atoms with Gasteiger partial charge in [0, 0.05) is 0 Å². The lowest BCUT2D eigenvalue weighted by molar-refractivity contribution is -0.207. The number of hydrogen-bond acceptors (Lipinski definition) is 6. The fraction of sp³-hybridized carbons (Fsp3) is 0.892. The van der Waals surface area contributed by atoms with E-state index in [-0.39, 0.29) is 58.8 Å². The van der Waals surface area contributed by atoms with Gasteiger partial charge in [0.15, 0.2) is 0 Å². The average Bonchev–Trinajstić information content (AvgIpc) is 2.94. The third kappa shape index (κ3) is 4.77. The molecule has 1 unspecified atom stereocenters. The largest absolute Gasteiger partial charge is 0.462 e. The van der Waals surface area contributed by atoms with E-state index in [2.05, 4.69) is 54.5 Å². The highest BCUT2D eigenvalue weighted by atomic mass is 16.6. The van der Waals surface area contributed by atoms with Crippen LogP contribution in [0.5, 0.6) is 0 Å². The number of aliphatic hydroxyl groups excluding tert-OH is 1. The molecule has 0 aromatic heterocycles. The molecule has 0 spiro atoms. The third-order valence-corrected chi connectivity index (χ3v) is 14.9. The number of aliphatic hydroxyl groups is 1. The van der Waals surface area contributed by atoms with E-state index in [4.69, 9.17) is 15.2 Å². The van der Waals surface area contributed by atoms with Gasteiger partial charge in [-0.3, -0.25) is 9.59 Å². The first-order chi connectivity index (χ1) is 20.0. The minimum absolute atomic E-state index is 0.00368. The molecule has 5 aliphatic rings. The van der Waals surface area contributed by atoms with Gasteiger partial charge >= 0.3 is 11.9 Å². The topological polar surface area (TPSA) is 98.9 Å². The number of carbonyl (C=O) groups is 2. The molecular weight excluding hydrogens is 538 g/mol. The molecule has 6 nitrogen and oxygen atoms in total. The number of nitrogens with two attached hydrogens (primary N) is 1. The lowest BCUT2D eigenvalue weighted by Crippen LogP contribution is -2.65. The van der Waals surface area contributed by atoms with E-state index in [1.807, 2.05) is 13.8 Å². The number of hydrogen-bond donors (Lipinski definition) is 2. The Labute approximate surface area is 261 Å². The molecule has 0 aromatic rings. The molecule has 5 rings (SSSR count). The van der Waals surface area contributed by atoms with Gasteiger partial charge in [0.05, 0.1) is 11.5 Å². The molecule has 43 heavy (non-hydrogen) atoms. The highest BCUT2D eigenvalue weighted by Crippen LogP contribution is 2.75. The summed E-state index contributed by atoms with van der Waals surface area (Å²) in [7, 11) is 0. The molecule has 0 bridgehead atoms. The molecule has 4 saturated carbocycles. The van der Waals surface area contributed by atoms with Gasteiger partial charge in [0.25, 0.3) is 0 Å². The zero-order valence-electron chi connectivity index (χ0n) is 28.6. The minimum Gasteiger partial charge on any atom is -0.462 e. The van der Waals surface area contributed by atoms with Crippen LogP contribution >= 0.6 is 0 Å². The highest BCUT2D eigenvalue weighted by molar-refractivity contribution is 5.79. The van der Waals surface area contributed by atoms with Crippen molar-refractivity contribution in [3.63, 3.8) is 0 Å². The normalized spacial score (nSPS) is 45.9. The van der Waals surface area contributed by atoms with Crippen LogP contribution in [0.3, 0.4) is 0 Å². The van der Waals surface area contributed by atoms with Crippen molar-refractivity contribution < 1.29 is 24.2 Å². The van der Waals surface area contributed by atoms with Gasteiger partial charge in [0.1, 0.15) is 19.3 Å². The van der Waals surface area contributed by atoms with Gasteiger partial charge < -0.3 is 20.3 Å². The monoisotopic (exact) mass is 599 g/mol. The van der Waals surface area contributed by atoms with Crippen LogP contribution in [0.15, 0.2) is 11.6 Å². The number of fused-ring (bicyclic) bond motifs is 7. The smallest absolute Gasteiger partial charge is 0.323 e. The van der Waals surface area contributed by atoms with E-state index >= 15 is 0 Å². The Bertz CT molecular complexity index is 1130. The number of ether oxygens (including phenoxy) is 2. The molecule has 0 aromatic carbocycles.